The van der Waals surface area contributed by atoms with Crippen molar-refractivity contribution in [1.29, 1.82) is 0 Å². The van der Waals surface area contributed by atoms with Crippen LogP contribution in [0.15, 0.2) is 17.6 Å². The van der Waals surface area contributed by atoms with E-state index in [9.17, 15) is 9.59 Å². The number of thiophene rings is 1. The lowest BCUT2D eigenvalue weighted by atomic mass is 10.2. The molecule has 0 bridgehead atoms. The lowest BCUT2D eigenvalue weighted by Gasteiger charge is -2.22. The fraction of sp³-hybridized carbons (Fsp3) is 0.438. The van der Waals surface area contributed by atoms with Gasteiger partial charge in [0.05, 0.1) is 4.88 Å². The second-order valence-corrected chi connectivity index (χ2v) is 7.58. The summed E-state index contributed by atoms with van der Waals surface area (Å²) in [6.07, 6.45) is 4.14. The summed E-state index contributed by atoms with van der Waals surface area (Å²) >= 11 is 2.92. The second kappa shape index (κ2) is 6.80. The predicted molar refractivity (Wildman–Crippen MR) is 93.2 cm³/mol. The number of nitrogens with zero attached hydrogens (tertiary/aromatic N) is 2. The van der Waals surface area contributed by atoms with Gasteiger partial charge in [-0.05, 0) is 37.8 Å². The molecule has 3 heterocycles. The molecule has 1 aliphatic heterocycles. The molecule has 1 atom stereocenters. The molecule has 0 aliphatic carbocycles. The highest BCUT2D eigenvalue weighted by Gasteiger charge is 2.35. The molecule has 1 aliphatic rings. The number of hydrogen-bond donors (Lipinski definition) is 1. The molecular weight excluding hydrogens is 330 g/mol. The molecule has 2 amide bonds. The van der Waals surface area contributed by atoms with Crippen LogP contribution in [0.2, 0.25) is 0 Å². The van der Waals surface area contributed by atoms with E-state index in [1.807, 2.05) is 18.4 Å². The van der Waals surface area contributed by atoms with E-state index in [1.165, 1.54) is 16.2 Å². The van der Waals surface area contributed by atoms with Crippen molar-refractivity contribution in [3.8, 4) is 0 Å². The number of aromatic nitrogens is 1. The summed E-state index contributed by atoms with van der Waals surface area (Å²) in [6.45, 7) is 4.75. The molecule has 23 heavy (non-hydrogen) atoms. The van der Waals surface area contributed by atoms with Crippen LogP contribution >= 0.6 is 22.7 Å². The van der Waals surface area contributed by atoms with E-state index >= 15 is 0 Å². The molecule has 1 fully saturated rings. The molecule has 0 aromatic carbocycles. The van der Waals surface area contributed by atoms with Gasteiger partial charge in [-0.15, -0.1) is 22.7 Å². The van der Waals surface area contributed by atoms with Crippen LogP contribution in [0.1, 0.15) is 39.9 Å². The van der Waals surface area contributed by atoms with Crippen molar-refractivity contribution in [2.75, 3.05) is 11.9 Å². The zero-order valence-electron chi connectivity index (χ0n) is 13.2. The minimum atomic E-state index is -0.404. The van der Waals surface area contributed by atoms with Crippen LogP contribution in [0.25, 0.3) is 0 Å². The van der Waals surface area contributed by atoms with E-state index in [0.717, 1.165) is 23.3 Å². The van der Waals surface area contributed by atoms with Crippen molar-refractivity contribution in [3.05, 3.63) is 33.0 Å². The van der Waals surface area contributed by atoms with Crippen molar-refractivity contribution in [2.24, 2.45) is 0 Å². The largest absolute Gasteiger partial charge is 0.326 e. The van der Waals surface area contributed by atoms with Gasteiger partial charge in [-0.3, -0.25) is 9.59 Å². The van der Waals surface area contributed by atoms with E-state index in [0.29, 0.717) is 18.1 Å². The smallest absolute Gasteiger partial charge is 0.264 e. The molecule has 1 unspecified atom stereocenters. The number of aryl methyl sites for hydroxylation is 2. The third-order valence-electron chi connectivity index (χ3n) is 4.03. The maximum atomic E-state index is 12.8. The maximum Gasteiger partial charge on any atom is 0.264 e. The highest BCUT2D eigenvalue weighted by atomic mass is 32.1. The third kappa shape index (κ3) is 3.30. The van der Waals surface area contributed by atoms with Gasteiger partial charge in [0.25, 0.3) is 5.91 Å². The number of carbonyl (C=O) groups is 2. The Morgan fingerprint density at radius 1 is 1.48 bits per heavy atom. The summed E-state index contributed by atoms with van der Waals surface area (Å²) in [5.74, 6) is -0.176. The van der Waals surface area contributed by atoms with Crippen molar-refractivity contribution in [3.63, 3.8) is 0 Å². The quantitative estimate of drug-likeness (QED) is 0.921. The number of nitrogens with one attached hydrogen (secondary N) is 1. The summed E-state index contributed by atoms with van der Waals surface area (Å²) in [6, 6.07) is 1.54. The summed E-state index contributed by atoms with van der Waals surface area (Å²) in [5.41, 5.74) is 1.16. The van der Waals surface area contributed by atoms with E-state index in [2.05, 4.69) is 17.2 Å². The fourth-order valence-electron chi connectivity index (χ4n) is 2.87. The van der Waals surface area contributed by atoms with Crippen LogP contribution in [0.4, 0.5) is 5.13 Å². The number of anilines is 1. The first kappa shape index (κ1) is 16.1. The minimum absolute atomic E-state index is 0.0328. The summed E-state index contributed by atoms with van der Waals surface area (Å²) < 4.78 is 0. The van der Waals surface area contributed by atoms with E-state index < -0.39 is 6.04 Å². The Balaban J connectivity index is 1.75. The van der Waals surface area contributed by atoms with Crippen molar-refractivity contribution < 1.29 is 9.59 Å². The van der Waals surface area contributed by atoms with Crippen molar-refractivity contribution in [2.45, 2.75) is 39.2 Å². The number of rotatable bonds is 4. The van der Waals surface area contributed by atoms with E-state index in [-0.39, 0.29) is 11.8 Å². The van der Waals surface area contributed by atoms with Gasteiger partial charge in [-0.2, -0.15) is 0 Å². The molecule has 1 saturated heterocycles. The molecule has 2 aromatic rings. The zero-order valence-corrected chi connectivity index (χ0v) is 14.8. The Bertz CT molecular complexity index is 709. The standard InChI is InChI=1S/C16H19N3O2S2/c1-3-12-10(2)9-13(23-12)15(21)19-7-4-5-11(19)14(20)18-16-17-6-8-22-16/h6,8-9,11H,3-5,7H2,1-2H3,(H,17,18,20). The van der Waals surface area contributed by atoms with Gasteiger partial charge >= 0.3 is 0 Å². The molecule has 0 spiro atoms. The van der Waals surface area contributed by atoms with Crippen LogP contribution in [0.3, 0.4) is 0 Å². The molecule has 0 saturated carbocycles. The maximum absolute atomic E-state index is 12.8. The number of hydrogen-bond acceptors (Lipinski definition) is 5. The van der Waals surface area contributed by atoms with Crippen LogP contribution in [0, 0.1) is 6.92 Å². The molecular formula is C16H19N3O2S2. The first-order chi connectivity index (χ1) is 11.1. The van der Waals surface area contributed by atoms with Crippen LogP contribution in [-0.2, 0) is 11.2 Å². The third-order valence-corrected chi connectivity index (χ3v) is 6.09. The minimum Gasteiger partial charge on any atom is -0.326 e. The average Bonchev–Trinajstić information content (AvgIpc) is 3.26. The Morgan fingerprint density at radius 3 is 2.96 bits per heavy atom. The Kier molecular flexibility index (Phi) is 4.77. The fourth-order valence-corrected chi connectivity index (χ4v) is 4.48. The molecule has 7 heteroatoms. The molecule has 122 valence electrons. The normalized spacial score (nSPS) is 17.5. The lowest BCUT2D eigenvalue weighted by molar-refractivity contribution is -0.119. The van der Waals surface area contributed by atoms with Gasteiger partial charge in [-0.25, -0.2) is 4.98 Å². The summed E-state index contributed by atoms with van der Waals surface area (Å²) in [7, 11) is 0. The number of carbonyl (C=O) groups excluding carboxylic acids is 2. The monoisotopic (exact) mass is 349 g/mol. The Hall–Kier alpha value is -1.73. The molecule has 5 nitrogen and oxygen atoms in total. The van der Waals surface area contributed by atoms with E-state index in [1.54, 1.807) is 22.4 Å². The van der Waals surface area contributed by atoms with Gasteiger partial charge in [-0.1, -0.05) is 6.92 Å². The SMILES string of the molecule is CCc1sc(C(=O)N2CCCC2C(=O)Nc2nccs2)cc1C. The van der Waals surface area contributed by atoms with Gasteiger partial charge in [0.1, 0.15) is 6.04 Å². The lowest BCUT2D eigenvalue weighted by Crippen LogP contribution is -2.42. The second-order valence-electron chi connectivity index (χ2n) is 5.55. The van der Waals surface area contributed by atoms with Crippen molar-refractivity contribution in [1.82, 2.24) is 9.88 Å². The predicted octanol–water partition coefficient (Wildman–Crippen LogP) is 3.32. The number of thiazole rings is 1. The van der Waals surface area contributed by atoms with Gasteiger partial charge < -0.3 is 10.2 Å². The first-order valence-corrected chi connectivity index (χ1v) is 9.40. The van der Waals surface area contributed by atoms with Crippen molar-refractivity contribution >= 4 is 39.6 Å². The van der Waals surface area contributed by atoms with Crippen LogP contribution in [-0.4, -0.2) is 34.3 Å². The Morgan fingerprint density at radius 2 is 2.30 bits per heavy atom. The Labute approximate surface area is 143 Å². The number of likely N-dealkylation sites (tertiary alicyclic amines) is 1. The highest BCUT2D eigenvalue weighted by molar-refractivity contribution is 7.14. The highest BCUT2D eigenvalue weighted by Crippen LogP contribution is 2.27. The average molecular weight is 349 g/mol. The van der Waals surface area contributed by atoms with E-state index in [4.69, 9.17) is 0 Å². The molecule has 2 aromatic heterocycles. The van der Waals surface area contributed by atoms with Crippen LogP contribution < -0.4 is 5.32 Å². The summed E-state index contributed by atoms with van der Waals surface area (Å²) in [4.78, 5) is 33.0. The van der Waals surface area contributed by atoms with Gasteiger partial charge in [0, 0.05) is 23.0 Å². The topological polar surface area (TPSA) is 62.3 Å². The molecule has 1 N–H and O–H groups in total. The zero-order chi connectivity index (χ0) is 16.4. The van der Waals surface area contributed by atoms with Gasteiger partial charge in [0.2, 0.25) is 5.91 Å². The molecule has 0 radical (unpaired) electrons. The van der Waals surface area contributed by atoms with Crippen LogP contribution in [0.5, 0.6) is 0 Å². The first-order valence-electron chi connectivity index (χ1n) is 7.70. The summed E-state index contributed by atoms with van der Waals surface area (Å²) in [5, 5.41) is 5.20. The number of amides is 2. The molecule has 3 rings (SSSR count). The van der Waals surface area contributed by atoms with Gasteiger partial charge in [0.15, 0.2) is 5.13 Å².